The summed E-state index contributed by atoms with van der Waals surface area (Å²) >= 11 is 5.96. The van der Waals surface area contributed by atoms with E-state index in [1.807, 2.05) is 0 Å². The van der Waals surface area contributed by atoms with Gasteiger partial charge in [0.05, 0.1) is 13.2 Å². The maximum Gasteiger partial charge on any atom is 0.135 e. The van der Waals surface area contributed by atoms with Crippen LogP contribution in [0.4, 0.5) is 5.82 Å². The van der Waals surface area contributed by atoms with Gasteiger partial charge in [0.15, 0.2) is 0 Å². The van der Waals surface area contributed by atoms with Crippen LogP contribution in [0, 0.1) is 0 Å². The smallest absolute Gasteiger partial charge is 0.135 e. The quantitative estimate of drug-likeness (QED) is 0.738. The highest BCUT2D eigenvalue weighted by molar-refractivity contribution is 6.29. The lowest BCUT2D eigenvalue weighted by atomic mass is 10.3. The highest BCUT2D eigenvalue weighted by Crippen LogP contribution is 2.39. The molecule has 0 bridgehead atoms. The number of aliphatic hydroxyl groups excluding tert-OH is 2. The lowest BCUT2D eigenvalue weighted by Crippen LogP contribution is -2.30. The third-order valence-corrected chi connectivity index (χ3v) is 2.90. The normalized spacial score (nSPS) is 15.0. The summed E-state index contributed by atoms with van der Waals surface area (Å²) in [5, 5.41) is 18.4. The van der Waals surface area contributed by atoms with Crippen LogP contribution in [0.2, 0.25) is 5.15 Å². The Balaban J connectivity index is 2.21. The number of anilines is 1. The Hall–Kier alpha value is -0.910. The van der Waals surface area contributed by atoms with E-state index in [0.29, 0.717) is 30.0 Å². The van der Waals surface area contributed by atoms with Crippen molar-refractivity contribution in [2.45, 2.75) is 18.8 Å². The summed E-state index contributed by atoms with van der Waals surface area (Å²) < 4.78 is 0. The van der Waals surface area contributed by atoms with Crippen molar-refractivity contribution in [2.24, 2.45) is 0 Å². The van der Waals surface area contributed by atoms with Gasteiger partial charge in [-0.25, -0.2) is 9.97 Å². The molecular weight excluding hydrogens is 242 g/mol. The third-order valence-electron chi connectivity index (χ3n) is 2.70. The first-order valence-electron chi connectivity index (χ1n) is 5.75. The van der Waals surface area contributed by atoms with Crippen molar-refractivity contribution in [3.8, 4) is 0 Å². The maximum atomic E-state index is 8.99. The molecule has 0 saturated heterocycles. The Bertz CT molecular complexity index is 379. The van der Waals surface area contributed by atoms with Crippen LogP contribution >= 0.6 is 11.6 Å². The first-order valence-corrected chi connectivity index (χ1v) is 6.13. The molecule has 0 spiro atoms. The Labute approximate surface area is 105 Å². The Morgan fingerprint density at radius 1 is 1.24 bits per heavy atom. The van der Waals surface area contributed by atoms with Gasteiger partial charge in [0.1, 0.15) is 16.8 Å². The van der Waals surface area contributed by atoms with Crippen LogP contribution < -0.4 is 4.90 Å². The largest absolute Gasteiger partial charge is 0.395 e. The van der Waals surface area contributed by atoms with E-state index < -0.39 is 0 Å². The number of hydrogen-bond acceptors (Lipinski definition) is 5. The fourth-order valence-electron chi connectivity index (χ4n) is 1.69. The molecule has 5 nitrogen and oxygen atoms in total. The molecule has 0 atom stereocenters. The van der Waals surface area contributed by atoms with E-state index in [0.717, 1.165) is 18.7 Å². The van der Waals surface area contributed by atoms with Crippen LogP contribution in [0.3, 0.4) is 0 Å². The molecule has 0 aliphatic heterocycles. The lowest BCUT2D eigenvalue weighted by Gasteiger charge is -2.22. The predicted molar refractivity (Wildman–Crippen MR) is 65.4 cm³/mol. The van der Waals surface area contributed by atoms with Gasteiger partial charge in [0.2, 0.25) is 0 Å². The zero-order valence-electron chi connectivity index (χ0n) is 9.51. The lowest BCUT2D eigenvalue weighted by molar-refractivity contribution is 0.280. The summed E-state index contributed by atoms with van der Waals surface area (Å²) in [6, 6.07) is 1.67. The maximum absolute atomic E-state index is 8.99. The molecule has 0 radical (unpaired) electrons. The number of rotatable bonds is 6. The molecule has 1 heterocycles. The van der Waals surface area contributed by atoms with Gasteiger partial charge in [-0.1, -0.05) is 11.6 Å². The Kier molecular flexibility index (Phi) is 4.15. The molecule has 6 heteroatoms. The highest BCUT2D eigenvalue weighted by atomic mass is 35.5. The Morgan fingerprint density at radius 3 is 2.41 bits per heavy atom. The molecule has 1 aromatic rings. The molecule has 1 saturated carbocycles. The number of aliphatic hydroxyl groups is 2. The predicted octanol–water partition coefficient (Wildman–Crippen LogP) is 0.798. The molecule has 0 amide bonds. The van der Waals surface area contributed by atoms with Gasteiger partial charge < -0.3 is 15.1 Å². The molecule has 0 unspecified atom stereocenters. The number of aromatic nitrogens is 2. The second kappa shape index (κ2) is 5.62. The summed E-state index contributed by atoms with van der Waals surface area (Å²) in [4.78, 5) is 10.4. The topological polar surface area (TPSA) is 69.5 Å². The van der Waals surface area contributed by atoms with Gasteiger partial charge in [-0.05, 0) is 12.8 Å². The SMILES string of the molecule is OCCN(CCO)c1cc(Cl)nc(C2CC2)n1. The minimum absolute atomic E-state index is 0.0143. The van der Waals surface area contributed by atoms with Gasteiger partial charge in [-0.15, -0.1) is 0 Å². The van der Waals surface area contributed by atoms with Crippen molar-refractivity contribution < 1.29 is 10.2 Å². The van der Waals surface area contributed by atoms with E-state index in [2.05, 4.69) is 9.97 Å². The van der Waals surface area contributed by atoms with Gasteiger partial charge in [-0.3, -0.25) is 0 Å². The summed E-state index contributed by atoms with van der Waals surface area (Å²) in [5.74, 6) is 1.88. The summed E-state index contributed by atoms with van der Waals surface area (Å²) in [7, 11) is 0. The van der Waals surface area contributed by atoms with Gasteiger partial charge in [0.25, 0.3) is 0 Å². The van der Waals surface area contributed by atoms with Crippen LogP contribution in [0.1, 0.15) is 24.6 Å². The molecule has 1 aliphatic rings. The van der Waals surface area contributed by atoms with Crippen molar-refractivity contribution in [1.29, 1.82) is 0 Å². The minimum atomic E-state index is 0.0143. The Morgan fingerprint density at radius 2 is 1.88 bits per heavy atom. The zero-order chi connectivity index (χ0) is 12.3. The summed E-state index contributed by atoms with van der Waals surface area (Å²) in [5.41, 5.74) is 0. The van der Waals surface area contributed by atoms with E-state index in [4.69, 9.17) is 21.8 Å². The molecule has 1 fully saturated rings. The number of halogens is 1. The highest BCUT2D eigenvalue weighted by Gasteiger charge is 2.27. The van der Waals surface area contributed by atoms with Crippen molar-refractivity contribution in [3.63, 3.8) is 0 Å². The monoisotopic (exact) mass is 257 g/mol. The van der Waals surface area contributed by atoms with E-state index in [1.165, 1.54) is 0 Å². The first-order chi connectivity index (χ1) is 8.24. The third kappa shape index (κ3) is 3.28. The first kappa shape index (κ1) is 12.5. The van der Waals surface area contributed by atoms with E-state index in [9.17, 15) is 0 Å². The van der Waals surface area contributed by atoms with Gasteiger partial charge in [-0.2, -0.15) is 0 Å². The van der Waals surface area contributed by atoms with Crippen LogP contribution in [-0.4, -0.2) is 46.5 Å². The van der Waals surface area contributed by atoms with Crippen LogP contribution in [0.25, 0.3) is 0 Å². The van der Waals surface area contributed by atoms with Gasteiger partial charge >= 0.3 is 0 Å². The molecule has 17 heavy (non-hydrogen) atoms. The molecule has 1 aliphatic carbocycles. The van der Waals surface area contributed by atoms with Crippen molar-refractivity contribution in [3.05, 3.63) is 17.0 Å². The molecule has 1 aromatic heterocycles. The summed E-state index contributed by atoms with van der Waals surface area (Å²) in [6.07, 6.45) is 2.22. The van der Waals surface area contributed by atoms with E-state index in [-0.39, 0.29) is 13.2 Å². The van der Waals surface area contributed by atoms with Crippen molar-refractivity contribution >= 4 is 17.4 Å². The number of hydrogen-bond donors (Lipinski definition) is 2. The molecule has 0 aromatic carbocycles. The summed E-state index contributed by atoms with van der Waals surface area (Å²) in [6.45, 7) is 0.886. The zero-order valence-corrected chi connectivity index (χ0v) is 10.3. The van der Waals surface area contributed by atoms with Crippen molar-refractivity contribution in [1.82, 2.24) is 9.97 Å². The fourth-order valence-corrected chi connectivity index (χ4v) is 1.88. The second-order valence-corrected chi connectivity index (χ2v) is 4.50. The number of nitrogens with zero attached hydrogens (tertiary/aromatic N) is 3. The average molecular weight is 258 g/mol. The molecular formula is C11H16ClN3O2. The second-order valence-electron chi connectivity index (χ2n) is 4.12. The fraction of sp³-hybridized carbons (Fsp3) is 0.636. The molecule has 2 rings (SSSR count). The van der Waals surface area contributed by atoms with Crippen LogP contribution in [-0.2, 0) is 0 Å². The minimum Gasteiger partial charge on any atom is -0.395 e. The van der Waals surface area contributed by atoms with Crippen LogP contribution in [0.5, 0.6) is 0 Å². The van der Waals surface area contributed by atoms with E-state index >= 15 is 0 Å². The molecule has 94 valence electrons. The standard InChI is InChI=1S/C11H16ClN3O2/c12-9-7-10(15(3-5-16)4-6-17)14-11(13-9)8-1-2-8/h7-8,16-17H,1-6H2. The molecule has 2 N–H and O–H groups in total. The van der Waals surface area contributed by atoms with Crippen molar-refractivity contribution in [2.75, 3.05) is 31.2 Å². The van der Waals surface area contributed by atoms with Crippen LogP contribution in [0.15, 0.2) is 6.07 Å². The average Bonchev–Trinajstić information content (AvgIpc) is 3.12. The van der Waals surface area contributed by atoms with E-state index in [1.54, 1.807) is 11.0 Å². The van der Waals surface area contributed by atoms with Gasteiger partial charge in [0, 0.05) is 25.1 Å².